The number of methoxy groups -OCH3 is 1. The quantitative estimate of drug-likeness (QED) is 0.438. The van der Waals surface area contributed by atoms with Crippen molar-refractivity contribution in [3.63, 3.8) is 0 Å². The molecule has 3 aromatic rings. The van der Waals surface area contributed by atoms with Crippen LogP contribution >= 0.6 is 0 Å². The van der Waals surface area contributed by atoms with E-state index in [9.17, 15) is 14.4 Å². The smallest absolute Gasteiger partial charge is 0.339 e. The molecule has 0 saturated carbocycles. The van der Waals surface area contributed by atoms with Gasteiger partial charge < -0.3 is 19.8 Å². The predicted octanol–water partition coefficient (Wildman–Crippen LogP) is 4.32. The number of ketones is 1. The molecule has 1 heterocycles. The first kappa shape index (κ1) is 21.8. The molecule has 1 atom stereocenters. The van der Waals surface area contributed by atoms with Gasteiger partial charge in [-0.15, -0.1) is 0 Å². The fourth-order valence-corrected chi connectivity index (χ4v) is 3.33. The van der Waals surface area contributed by atoms with Crippen molar-refractivity contribution in [1.82, 2.24) is 4.98 Å². The molecule has 0 bridgehead atoms. The molecule has 0 unspecified atom stereocenters. The van der Waals surface area contributed by atoms with Gasteiger partial charge in [0, 0.05) is 11.4 Å². The Morgan fingerprint density at radius 1 is 0.968 bits per heavy atom. The number of anilines is 1. The second-order valence-corrected chi connectivity index (χ2v) is 7.06. The lowest BCUT2D eigenvalue weighted by atomic mass is 10.1. The highest BCUT2D eigenvalue weighted by atomic mass is 16.5. The Balaban J connectivity index is 1.81. The molecule has 1 amide bonds. The summed E-state index contributed by atoms with van der Waals surface area (Å²) in [6, 6.07) is 15.8. The van der Waals surface area contributed by atoms with Gasteiger partial charge in [-0.2, -0.15) is 0 Å². The largest absolute Gasteiger partial charge is 0.482 e. The molecule has 0 aliphatic rings. The lowest BCUT2D eigenvalue weighted by Crippen LogP contribution is -2.26. The fraction of sp³-hybridized carbons (Fsp3) is 0.208. The zero-order chi connectivity index (χ0) is 22.5. The van der Waals surface area contributed by atoms with E-state index in [4.69, 9.17) is 9.47 Å². The number of rotatable bonds is 7. The normalized spacial score (nSPS) is 11.5. The number of hydrogen-bond acceptors (Lipinski definition) is 5. The first-order chi connectivity index (χ1) is 14.8. The Labute approximate surface area is 180 Å². The van der Waals surface area contributed by atoms with E-state index in [2.05, 4.69) is 10.3 Å². The molecule has 0 spiro atoms. The van der Waals surface area contributed by atoms with Gasteiger partial charge in [0.05, 0.1) is 23.9 Å². The molecule has 0 aliphatic carbocycles. The van der Waals surface area contributed by atoms with Crippen LogP contribution in [0.15, 0.2) is 54.6 Å². The Morgan fingerprint density at radius 3 is 2.29 bits per heavy atom. The van der Waals surface area contributed by atoms with E-state index < -0.39 is 12.1 Å². The van der Waals surface area contributed by atoms with Crippen LogP contribution in [0.1, 0.15) is 49.4 Å². The SMILES string of the molecule is COC(=O)c1c(C)[nH]c(C(=O)[C@H](C)Oc2ccccc2C(=O)Nc2ccccc2)c1C. The number of H-pyrrole nitrogens is 1. The molecule has 0 radical (unpaired) electrons. The Morgan fingerprint density at radius 2 is 1.61 bits per heavy atom. The molecule has 0 aliphatic heterocycles. The van der Waals surface area contributed by atoms with Crippen molar-refractivity contribution >= 4 is 23.3 Å². The van der Waals surface area contributed by atoms with Gasteiger partial charge in [0.2, 0.25) is 5.78 Å². The van der Waals surface area contributed by atoms with Crippen LogP contribution in [0.3, 0.4) is 0 Å². The summed E-state index contributed by atoms with van der Waals surface area (Å²) >= 11 is 0. The summed E-state index contributed by atoms with van der Waals surface area (Å²) in [6.07, 6.45) is -0.895. The van der Waals surface area contributed by atoms with Gasteiger partial charge in [0.15, 0.2) is 6.10 Å². The maximum Gasteiger partial charge on any atom is 0.339 e. The summed E-state index contributed by atoms with van der Waals surface area (Å²) in [4.78, 5) is 40.7. The monoisotopic (exact) mass is 420 g/mol. The lowest BCUT2D eigenvalue weighted by Gasteiger charge is -2.16. The molecule has 160 valence electrons. The minimum Gasteiger partial charge on any atom is -0.482 e. The van der Waals surface area contributed by atoms with Crippen LogP contribution in [0, 0.1) is 13.8 Å². The van der Waals surface area contributed by atoms with Crippen LogP contribution in [0.4, 0.5) is 5.69 Å². The van der Waals surface area contributed by atoms with E-state index in [1.54, 1.807) is 57.2 Å². The Kier molecular flexibility index (Phi) is 6.55. The van der Waals surface area contributed by atoms with E-state index in [1.807, 2.05) is 18.2 Å². The van der Waals surface area contributed by atoms with Gasteiger partial charge >= 0.3 is 5.97 Å². The molecule has 2 N–H and O–H groups in total. The maximum atomic E-state index is 13.0. The topological polar surface area (TPSA) is 97.5 Å². The summed E-state index contributed by atoms with van der Waals surface area (Å²) in [7, 11) is 1.29. The van der Waals surface area contributed by atoms with E-state index in [0.717, 1.165) is 0 Å². The number of aromatic nitrogens is 1. The van der Waals surface area contributed by atoms with E-state index in [-0.39, 0.29) is 23.1 Å². The van der Waals surface area contributed by atoms with Gasteiger partial charge in [-0.1, -0.05) is 30.3 Å². The molecule has 31 heavy (non-hydrogen) atoms. The molecular formula is C24H24N2O5. The number of esters is 1. The van der Waals surface area contributed by atoms with Crippen molar-refractivity contribution in [2.45, 2.75) is 26.9 Å². The first-order valence-corrected chi connectivity index (χ1v) is 9.77. The highest BCUT2D eigenvalue weighted by Gasteiger charge is 2.27. The average molecular weight is 420 g/mol. The standard InChI is InChI=1S/C24H24N2O5/c1-14-20(24(29)30-4)15(2)25-21(14)22(27)16(3)31-19-13-9-8-12-18(19)23(28)26-17-10-6-5-7-11-17/h5-13,16,25H,1-4H3,(H,26,28)/t16-/m0/s1. The number of aromatic amines is 1. The zero-order valence-corrected chi connectivity index (χ0v) is 17.8. The summed E-state index contributed by atoms with van der Waals surface area (Å²) in [6.45, 7) is 4.98. The molecule has 7 nitrogen and oxygen atoms in total. The van der Waals surface area contributed by atoms with Crippen molar-refractivity contribution in [2.75, 3.05) is 12.4 Å². The second-order valence-electron chi connectivity index (χ2n) is 7.06. The van der Waals surface area contributed by atoms with Crippen LogP contribution in [0.5, 0.6) is 5.75 Å². The van der Waals surface area contributed by atoms with Crippen LogP contribution in [0.2, 0.25) is 0 Å². The van der Waals surface area contributed by atoms with Crippen LogP contribution < -0.4 is 10.1 Å². The summed E-state index contributed by atoms with van der Waals surface area (Å²) in [5.41, 5.74) is 2.61. The summed E-state index contributed by atoms with van der Waals surface area (Å²) < 4.78 is 10.7. The number of Topliss-reactive ketones (excluding diaryl/α,β-unsaturated/α-hetero) is 1. The number of amides is 1. The number of carbonyl (C=O) groups excluding carboxylic acids is 3. The van der Waals surface area contributed by atoms with Crippen LogP contribution in [0.25, 0.3) is 0 Å². The van der Waals surface area contributed by atoms with Crippen molar-refractivity contribution < 1.29 is 23.9 Å². The third-order valence-electron chi connectivity index (χ3n) is 4.91. The number of aryl methyl sites for hydroxylation is 1. The van der Waals surface area contributed by atoms with Crippen molar-refractivity contribution in [2.24, 2.45) is 0 Å². The number of carbonyl (C=O) groups is 3. The number of nitrogens with one attached hydrogen (secondary N) is 2. The average Bonchev–Trinajstić information content (AvgIpc) is 3.07. The zero-order valence-electron chi connectivity index (χ0n) is 17.8. The molecule has 3 rings (SSSR count). The molecule has 7 heteroatoms. The molecule has 0 fully saturated rings. The third kappa shape index (κ3) is 4.66. The summed E-state index contributed by atoms with van der Waals surface area (Å²) in [5.74, 6) is -0.914. The van der Waals surface area contributed by atoms with Gasteiger partial charge in [0.1, 0.15) is 5.75 Å². The minimum absolute atomic E-state index is 0.275. The first-order valence-electron chi connectivity index (χ1n) is 9.77. The highest BCUT2D eigenvalue weighted by molar-refractivity contribution is 6.07. The van der Waals surface area contributed by atoms with E-state index in [0.29, 0.717) is 28.1 Å². The Bertz CT molecular complexity index is 1120. The van der Waals surface area contributed by atoms with Gasteiger partial charge in [0.25, 0.3) is 5.91 Å². The van der Waals surface area contributed by atoms with E-state index >= 15 is 0 Å². The Hall–Kier alpha value is -3.87. The van der Waals surface area contributed by atoms with Crippen LogP contribution in [-0.2, 0) is 4.74 Å². The second kappa shape index (κ2) is 9.30. The van der Waals surface area contributed by atoms with Gasteiger partial charge in [-0.05, 0) is 50.6 Å². The number of para-hydroxylation sites is 2. The lowest BCUT2D eigenvalue weighted by molar-refractivity contribution is 0.0599. The third-order valence-corrected chi connectivity index (χ3v) is 4.91. The minimum atomic E-state index is -0.895. The molecule has 1 aromatic heterocycles. The maximum absolute atomic E-state index is 13.0. The van der Waals surface area contributed by atoms with Gasteiger partial charge in [-0.25, -0.2) is 4.79 Å². The number of benzene rings is 2. The molecule has 0 saturated heterocycles. The fourth-order valence-electron chi connectivity index (χ4n) is 3.33. The number of hydrogen-bond donors (Lipinski definition) is 2. The van der Waals surface area contributed by atoms with Crippen molar-refractivity contribution in [1.29, 1.82) is 0 Å². The predicted molar refractivity (Wildman–Crippen MR) is 117 cm³/mol. The highest BCUT2D eigenvalue weighted by Crippen LogP contribution is 2.24. The van der Waals surface area contributed by atoms with Crippen molar-refractivity contribution in [3.8, 4) is 5.75 Å². The molecular weight excluding hydrogens is 396 g/mol. The number of ether oxygens (including phenoxy) is 2. The summed E-state index contributed by atoms with van der Waals surface area (Å²) in [5, 5.41) is 2.81. The van der Waals surface area contributed by atoms with Crippen molar-refractivity contribution in [3.05, 3.63) is 82.7 Å². The molecule has 2 aromatic carbocycles. The van der Waals surface area contributed by atoms with Crippen LogP contribution in [-0.4, -0.2) is 35.9 Å². The van der Waals surface area contributed by atoms with Gasteiger partial charge in [-0.3, -0.25) is 9.59 Å². The van der Waals surface area contributed by atoms with E-state index in [1.165, 1.54) is 7.11 Å².